The van der Waals surface area contributed by atoms with Gasteiger partial charge in [-0.25, -0.2) is 9.59 Å². The lowest BCUT2D eigenvalue weighted by atomic mass is 9.58. The predicted octanol–water partition coefficient (Wildman–Crippen LogP) is 7.82. The van der Waals surface area contributed by atoms with Crippen molar-refractivity contribution in [3.63, 3.8) is 0 Å². The van der Waals surface area contributed by atoms with Crippen LogP contribution in [0.3, 0.4) is 0 Å². The molecule has 0 saturated heterocycles. The normalized spacial score (nSPS) is 33.3. The lowest BCUT2D eigenvalue weighted by molar-refractivity contribution is -0.158. The Morgan fingerprint density at radius 1 is 1.03 bits per heavy atom. The van der Waals surface area contributed by atoms with E-state index in [0.717, 1.165) is 55.3 Å². The molecular formula is C32H54O5. The van der Waals surface area contributed by atoms with Crippen molar-refractivity contribution in [2.24, 2.45) is 40.4 Å². The third-order valence-electron chi connectivity index (χ3n) is 10.3. The molecule has 5 nitrogen and oxygen atoms in total. The highest BCUT2D eigenvalue weighted by Gasteiger charge is 2.52. The zero-order valence-electron chi connectivity index (χ0n) is 24.5. The highest BCUT2D eigenvalue weighted by molar-refractivity contribution is 5.72. The van der Waals surface area contributed by atoms with E-state index in [1.807, 2.05) is 0 Å². The average Bonchev–Trinajstić information content (AvgIpc) is 3.16. The number of ether oxygens (including phenoxy) is 2. The number of carboxylic acids is 1. The monoisotopic (exact) mass is 518 g/mol. The molecule has 0 aromatic carbocycles. The summed E-state index contributed by atoms with van der Waals surface area (Å²) in [6.45, 7) is 13.7. The Hall–Kier alpha value is -1.36. The predicted molar refractivity (Wildman–Crippen MR) is 148 cm³/mol. The van der Waals surface area contributed by atoms with E-state index in [9.17, 15) is 9.59 Å². The van der Waals surface area contributed by atoms with Crippen molar-refractivity contribution in [1.29, 1.82) is 0 Å². The van der Waals surface area contributed by atoms with Crippen LogP contribution in [-0.2, 0) is 19.1 Å². The third kappa shape index (κ3) is 8.07. The molecule has 3 aliphatic carbocycles. The highest BCUT2D eigenvalue weighted by atomic mass is 16.6. The molecule has 37 heavy (non-hydrogen) atoms. The van der Waals surface area contributed by atoms with Gasteiger partial charge in [-0.2, -0.15) is 0 Å². The van der Waals surface area contributed by atoms with Gasteiger partial charge in [-0.15, -0.1) is 0 Å². The van der Waals surface area contributed by atoms with Gasteiger partial charge in [-0.1, -0.05) is 78.9 Å². The standard InChI is InChI=1S/C32H54O5/c1-22(2)9-7-10-23(3)27-14-15-28-24(11-8-17-32(27,28)6)12-13-25-19-26(16-18-31(25,4)5)37-30(35)21-36-20-29(33)34/h13,22-24,26-28H,7-12,14-21H2,1-6H3,(H,33,34)/b25-13-/t23-,24+,26+,27-,28+,32?/m1/s1. The van der Waals surface area contributed by atoms with Gasteiger partial charge in [-0.05, 0) is 85.4 Å². The molecule has 1 N–H and O–H groups in total. The second kappa shape index (κ2) is 13.1. The molecule has 0 spiro atoms. The zero-order chi connectivity index (χ0) is 27.2. The second-order valence-electron chi connectivity index (χ2n) is 13.8. The summed E-state index contributed by atoms with van der Waals surface area (Å²) in [6, 6.07) is 0. The molecule has 0 amide bonds. The van der Waals surface area contributed by atoms with Gasteiger partial charge >= 0.3 is 11.9 Å². The molecule has 3 fully saturated rings. The maximum absolute atomic E-state index is 12.2. The lowest BCUT2D eigenvalue weighted by Gasteiger charge is -2.47. The van der Waals surface area contributed by atoms with Crippen LogP contribution >= 0.6 is 0 Å². The Bertz CT molecular complexity index is 799. The number of carbonyl (C=O) groups excluding carboxylic acids is 1. The summed E-state index contributed by atoms with van der Waals surface area (Å²) in [5.41, 5.74) is 2.05. The van der Waals surface area contributed by atoms with Crippen LogP contribution in [0.2, 0.25) is 0 Å². The first-order valence-corrected chi connectivity index (χ1v) is 15.1. The van der Waals surface area contributed by atoms with E-state index < -0.39 is 18.5 Å². The molecule has 0 radical (unpaired) electrons. The van der Waals surface area contributed by atoms with E-state index in [1.165, 1.54) is 56.9 Å². The number of esters is 1. The molecule has 5 heteroatoms. The van der Waals surface area contributed by atoms with Crippen molar-refractivity contribution >= 4 is 11.9 Å². The van der Waals surface area contributed by atoms with Gasteiger partial charge in [0, 0.05) is 6.42 Å². The molecule has 3 rings (SSSR count). The van der Waals surface area contributed by atoms with Crippen molar-refractivity contribution in [2.75, 3.05) is 13.2 Å². The molecule has 3 aliphatic rings. The molecular weight excluding hydrogens is 464 g/mol. The zero-order valence-corrected chi connectivity index (χ0v) is 24.5. The van der Waals surface area contributed by atoms with Crippen LogP contribution < -0.4 is 0 Å². The fourth-order valence-electron chi connectivity index (χ4n) is 8.15. The number of hydrogen-bond acceptors (Lipinski definition) is 4. The Morgan fingerprint density at radius 2 is 1.78 bits per heavy atom. The van der Waals surface area contributed by atoms with E-state index in [4.69, 9.17) is 14.6 Å². The Balaban J connectivity index is 1.59. The van der Waals surface area contributed by atoms with Crippen LogP contribution in [0.4, 0.5) is 0 Å². The fraction of sp³-hybridized carbons (Fsp3) is 0.875. The summed E-state index contributed by atoms with van der Waals surface area (Å²) in [5.74, 6) is 2.57. The van der Waals surface area contributed by atoms with Gasteiger partial charge in [0.05, 0.1) is 0 Å². The maximum Gasteiger partial charge on any atom is 0.332 e. The molecule has 0 bridgehead atoms. The number of carboxylic acid groups (broad SMARTS) is 1. The summed E-state index contributed by atoms with van der Waals surface area (Å²) < 4.78 is 10.6. The number of allylic oxidation sites excluding steroid dienone is 1. The molecule has 3 saturated carbocycles. The fourth-order valence-corrected chi connectivity index (χ4v) is 8.15. The minimum Gasteiger partial charge on any atom is -0.480 e. The summed E-state index contributed by atoms with van der Waals surface area (Å²) in [7, 11) is 0. The Kier molecular flexibility index (Phi) is 10.7. The molecule has 0 heterocycles. The van der Waals surface area contributed by atoms with Crippen LogP contribution in [0, 0.1) is 40.4 Å². The number of aliphatic carboxylic acids is 1. The molecule has 6 atom stereocenters. The summed E-state index contributed by atoms with van der Waals surface area (Å²) in [6.07, 6.45) is 17.2. The third-order valence-corrected chi connectivity index (χ3v) is 10.3. The second-order valence-corrected chi connectivity index (χ2v) is 13.8. The van der Waals surface area contributed by atoms with Gasteiger partial charge in [-0.3, -0.25) is 0 Å². The number of rotatable bonds is 12. The van der Waals surface area contributed by atoms with Crippen LogP contribution in [0.25, 0.3) is 0 Å². The van der Waals surface area contributed by atoms with Gasteiger partial charge < -0.3 is 14.6 Å². The van der Waals surface area contributed by atoms with E-state index in [2.05, 4.69) is 47.6 Å². The van der Waals surface area contributed by atoms with Crippen LogP contribution in [0.5, 0.6) is 0 Å². The van der Waals surface area contributed by atoms with Crippen LogP contribution in [0.15, 0.2) is 11.6 Å². The van der Waals surface area contributed by atoms with Crippen LogP contribution in [0.1, 0.15) is 119 Å². The number of hydrogen-bond donors (Lipinski definition) is 1. The van der Waals surface area contributed by atoms with Crippen LogP contribution in [-0.4, -0.2) is 36.4 Å². The molecule has 0 aromatic rings. The highest BCUT2D eigenvalue weighted by Crippen LogP contribution is 2.60. The van der Waals surface area contributed by atoms with E-state index in [0.29, 0.717) is 5.41 Å². The topological polar surface area (TPSA) is 72.8 Å². The first-order chi connectivity index (χ1) is 17.4. The summed E-state index contributed by atoms with van der Waals surface area (Å²) in [4.78, 5) is 22.8. The smallest absolute Gasteiger partial charge is 0.332 e. The minimum absolute atomic E-state index is 0.129. The van der Waals surface area contributed by atoms with Crippen molar-refractivity contribution in [1.82, 2.24) is 0 Å². The van der Waals surface area contributed by atoms with Crippen molar-refractivity contribution in [2.45, 2.75) is 125 Å². The largest absolute Gasteiger partial charge is 0.480 e. The SMILES string of the molecule is CC(C)CCC[C@@H](C)[C@H]1CC[C@H]2[C@H](C/C=C3/C[C@@H](OC(=O)COCC(=O)O)CCC3(C)C)CCCC12C. The van der Waals surface area contributed by atoms with Crippen molar-refractivity contribution < 1.29 is 24.2 Å². The molecule has 212 valence electrons. The summed E-state index contributed by atoms with van der Waals surface area (Å²) >= 11 is 0. The van der Waals surface area contributed by atoms with Crippen molar-refractivity contribution in [3.05, 3.63) is 11.6 Å². The Morgan fingerprint density at radius 3 is 2.49 bits per heavy atom. The average molecular weight is 519 g/mol. The van der Waals surface area contributed by atoms with Gasteiger partial charge in [0.2, 0.25) is 0 Å². The number of carbonyl (C=O) groups is 2. The quantitative estimate of drug-likeness (QED) is 0.211. The van der Waals surface area contributed by atoms with Gasteiger partial charge in [0.25, 0.3) is 0 Å². The van der Waals surface area contributed by atoms with E-state index >= 15 is 0 Å². The lowest BCUT2D eigenvalue weighted by Crippen LogP contribution is -2.39. The molecule has 1 unspecified atom stereocenters. The number of fused-ring (bicyclic) bond motifs is 1. The van der Waals surface area contributed by atoms with E-state index in [-0.39, 0.29) is 18.1 Å². The first kappa shape index (κ1) is 30.2. The molecule has 0 aromatic heterocycles. The van der Waals surface area contributed by atoms with Gasteiger partial charge in [0.1, 0.15) is 19.3 Å². The van der Waals surface area contributed by atoms with Crippen molar-refractivity contribution in [3.8, 4) is 0 Å². The van der Waals surface area contributed by atoms with Gasteiger partial charge in [0.15, 0.2) is 0 Å². The minimum atomic E-state index is -1.08. The molecule has 0 aliphatic heterocycles. The first-order valence-electron chi connectivity index (χ1n) is 15.1. The Labute approximate surface area is 226 Å². The maximum atomic E-state index is 12.2. The summed E-state index contributed by atoms with van der Waals surface area (Å²) in [5, 5.41) is 8.69. The van der Waals surface area contributed by atoms with E-state index in [1.54, 1.807) is 0 Å².